The summed E-state index contributed by atoms with van der Waals surface area (Å²) in [5, 5.41) is 0. The lowest BCUT2D eigenvalue weighted by Crippen LogP contribution is -1.99. The summed E-state index contributed by atoms with van der Waals surface area (Å²) in [7, 11) is 1.61. The number of benzene rings is 1. The summed E-state index contributed by atoms with van der Waals surface area (Å²) in [6, 6.07) is 7.34. The van der Waals surface area contributed by atoms with Crippen molar-refractivity contribution >= 4 is 38.1 Å². The molecule has 17 heavy (non-hydrogen) atoms. The summed E-state index contributed by atoms with van der Waals surface area (Å²) in [4.78, 5) is 10.9. The molecule has 0 aliphatic heterocycles. The van der Waals surface area contributed by atoms with Gasteiger partial charge in [-0.05, 0) is 50.1 Å². The van der Waals surface area contributed by atoms with E-state index in [1.54, 1.807) is 17.7 Å². The summed E-state index contributed by atoms with van der Waals surface area (Å²) >= 11 is 6.88. The van der Waals surface area contributed by atoms with Gasteiger partial charge in [0.2, 0.25) is 0 Å². The molecule has 0 bridgehead atoms. The van der Waals surface area contributed by atoms with Gasteiger partial charge in [0, 0.05) is 16.7 Å². The third-order valence-electron chi connectivity index (χ3n) is 2.38. The van der Waals surface area contributed by atoms with Gasteiger partial charge in [-0.2, -0.15) is 0 Å². The van der Waals surface area contributed by atoms with Gasteiger partial charge in [0.15, 0.2) is 6.29 Å². The number of nitrogens with zero attached hydrogens (tertiary/aromatic N) is 1. The average molecular weight is 359 g/mol. The molecule has 0 saturated heterocycles. The highest BCUT2D eigenvalue weighted by molar-refractivity contribution is 9.11. The maximum Gasteiger partial charge on any atom is 0.166 e. The summed E-state index contributed by atoms with van der Waals surface area (Å²) in [5.74, 6) is 0.716. The third kappa shape index (κ3) is 2.30. The van der Waals surface area contributed by atoms with Crippen molar-refractivity contribution in [1.29, 1.82) is 0 Å². The normalized spacial score (nSPS) is 10.3. The molecular formula is C12H9Br2NO2. The third-order valence-corrected chi connectivity index (χ3v) is 3.64. The Morgan fingerprint density at radius 2 is 2.06 bits per heavy atom. The maximum atomic E-state index is 10.9. The van der Waals surface area contributed by atoms with E-state index in [0.717, 1.165) is 20.9 Å². The number of carbonyl (C=O) groups is 1. The summed E-state index contributed by atoms with van der Waals surface area (Å²) in [6.07, 6.45) is 2.65. The Morgan fingerprint density at radius 3 is 2.71 bits per heavy atom. The highest BCUT2D eigenvalue weighted by atomic mass is 79.9. The van der Waals surface area contributed by atoms with Gasteiger partial charge in [-0.15, -0.1) is 0 Å². The van der Waals surface area contributed by atoms with Gasteiger partial charge in [0.1, 0.15) is 5.75 Å². The Hall–Kier alpha value is -1.07. The van der Waals surface area contributed by atoms with Crippen molar-refractivity contribution in [1.82, 2.24) is 4.57 Å². The largest absolute Gasteiger partial charge is 0.495 e. The van der Waals surface area contributed by atoms with Crippen LogP contribution in [0.4, 0.5) is 0 Å². The molecule has 0 spiro atoms. The Kier molecular flexibility index (Phi) is 3.69. The highest BCUT2D eigenvalue weighted by Gasteiger charge is 2.10. The number of ether oxygens (including phenoxy) is 1. The van der Waals surface area contributed by atoms with Crippen LogP contribution in [0.25, 0.3) is 5.69 Å². The number of carbonyl (C=O) groups excluding carboxylic acids is 1. The van der Waals surface area contributed by atoms with E-state index >= 15 is 0 Å². The molecule has 0 aliphatic rings. The molecule has 3 nitrogen and oxygen atoms in total. The Morgan fingerprint density at radius 1 is 1.29 bits per heavy atom. The fourth-order valence-corrected chi connectivity index (χ4v) is 2.92. The van der Waals surface area contributed by atoms with E-state index < -0.39 is 0 Å². The van der Waals surface area contributed by atoms with Gasteiger partial charge in [-0.1, -0.05) is 0 Å². The number of methoxy groups -OCH3 is 1. The number of rotatable bonds is 3. The van der Waals surface area contributed by atoms with Crippen LogP contribution in [-0.4, -0.2) is 18.0 Å². The minimum Gasteiger partial charge on any atom is -0.495 e. The van der Waals surface area contributed by atoms with Crippen LogP contribution in [0.1, 0.15) is 10.5 Å². The molecule has 88 valence electrons. The van der Waals surface area contributed by atoms with Crippen molar-refractivity contribution in [2.75, 3.05) is 7.11 Å². The quantitative estimate of drug-likeness (QED) is 0.781. The number of halogens is 2. The van der Waals surface area contributed by atoms with Gasteiger partial charge >= 0.3 is 0 Å². The monoisotopic (exact) mass is 357 g/mol. The van der Waals surface area contributed by atoms with Crippen molar-refractivity contribution in [3.8, 4) is 11.4 Å². The topological polar surface area (TPSA) is 31.2 Å². The molecule has 1 heterocycles. The van der Waals surface area contributed by atoms with Crippen LogP contribution in [0.3, 0.4) is 0 Å². The van der Waals surface area contributed by atoms with Crippen LogP contribution in [0, 0.1) is 0 Å². The lowest BCUT2D eigenvalue weighted by atomic mass is 10.3. The molecular weight excluding hydrogens is 350 g/mol. The van der Waals surface area contributed by atoms with E-state index in [0.29, 0.717) is 11.4 Å². The number of aromatic nitrogens is 1. The second-order valence-corrected chi connectivity index (χ2v) is 5.07. The van der Waals surface area contributed by atoms with Gasteiger partial charge in [0.05, 0.1) is 23.0 Å². The van der Waals surface area contributed by atoms with Gasteiger partial charge < -0.3 is 9.30 Å². The average Bonchev–Trinajstić information content (AvgIpc) is 2.77. The lowest BCUT2D eigenvalue weighted by molar-refractivity contribution is 0.111. The molecule has 0 N–H and O–H groups in total. The van der Waals surface area contributed by atoms with E-state index in [1.807, 2.05) is 24.4 Å². The first kappa shape index (κ1) is 12.4. The minimum atomic E-state index is 0.593. The van der Waals surface area contributed by atoms with Crippen LogP contribution in [0.2, 0.25) is 0 Å². The lowest BCUT2D eigenvalue weighted by Gasteiger charge is -2.11. The second kappa shape index (κ2) is 5.06. The predicted octanol–water partition coefficient (Wildman–Crippen LogP) is 3.82. The van der Waals surface area contributed by atoms with E-state index in [9.17, 15) is 4.79 Å². The second-order valence-electron chi connectivity index (χ2n) is 3.36. The fraction of sp³-hybridized carbons (Fsp3) is 0.0833. The molecule has 0 radical (unpaired) electrons. The Bertz CT molecular complexity index is 564. The first-order valence-corrected chi connectivity index (χ1v) is 6.42. The fourth-order valence-electron chi connectivity index (χ4n) is 1.57. The number of hydrogen-bond donors (Lipinski definition) is 0. The van der Waals surface area contributed by atoms with Crippen LogP contribution in [0.15, 0.2) is 39.4 Å². The van der Waals surface area contributed by atoms with E-state index in [4.69, 9.17) is 4.74 Å². The molecule has 0 unspecified atom stereocenters. The van der Waals surface area contributed by atoms with E-state index in [1.165, 1.54) is 0 Å². The Balaban J connectivity index is 2.63. The first-order valence-electron chi connectivity index (χ1n) is 4.83. The maximum absolute atomic E-state index is 10.9. The minimum absolute atomic E-state index is 0.593. The molecule has 1 aromatic carbocycles. The molecule has 0 saturated carbocycles. The van der Waals surface area contributed by atoms with Crippen molar-refractivity contribution < 1.29 is 9.53 Å². The standard InChI is InChI=1S/C12H9Br2NO2/c1-17-12-6-11(9(13)5-10(12)14)15-4-2-3-8(15)7-16/h2-7H,1H3. The molecule has 2 aromatic rings. The van der Waals surface area contributed by atoms with Crippen LogP contribution in [0.5, 0.6) is 5.75 Å². The van der Waals surface area contributed by atoms with Crippen LogP contribution in [-0.2, 0) is 0 Å². The summed E-state index contributed by atoms with van der Waals surface area (Å²) < 4.78 is 8.78. The zero-order valence-electron chi connectivity index (χ0n) is 8.98. The van der Waals surface area contributed by atoms with Crippen LogP contribution >= 0.6 is 31.9 Å². The molecule has 5 heteroatoms. The predicted molar refractivity (Wildman–Crippen MR) is 73.1 cm³/mol. The SMILES string of the molecule is COc1cc(-n2cccc2C=O)c(Br)cc1Br. The molecule has 0 fully saturated rings. The van der Waals surface area contributed by atoms with Crippen molar-refractivity contribution in [3.05, 3.63) is 45.1 Å². The van der Waals surface area contributed by atoms with Gasteiger partial charge in [-0.3, -0.25) is 4.79 Å². The zero-order chi connectivity index (χ0) is 12.4. The van der Waals surface area contributed by atoms with E-state index in [-0.39, 0.29) is 0 Å². The molecule has 0 amide bonds. The number of hydrogen-bond acceptors (Lipinski definition) is 2. The highest BCUT2D eigenvalue weighted by Crippen LogP contribution is 2.33. The molecule has 0 atom stereocenters. The van der Waals surface area contributed by atoms with Gasteiger partial charge in [-0.25, -0.2) is 0 Å². The summed E-state index contributed by atoms with van der Waals surface area (Å²) in [6.45, 7) is 0. The molecule has 1 aromatic heterocycles. The van der Waals surface area contributed by atoms with Crippen molar-refractivity contribution in [2.45, 2.75) is 0 Å². The van der Waals surface area contributed by atoms with Crippen molar-refractivity contribution in [3.63, 3.8) is 0 Å². The Labute approximate surface area is 116 Å². The van der Waals surface area contributed by atoms with E-state index in [2.05, 4.69) is 31.9 Å². The van der Waals surface area contributed by atoms with Crippen LogP contribution < -0.4 is 4.74 Å². The molecule has 2 rings (SSSR count). The smallest absolute Gasteiger partial charge is 0.166 e. The van der Waals surface area contributed by atoms with Gasteiger partial charge in [0.25, 0.3) is 0 Å². The number of aldehydes is 1. The molecule has 0 aliphatic carbocycles. The first-order chi connectivity index (χ1) is 8.17. The summed E-state index contributed by atoms with van der Waals surface area (Å²) in [5.41, 5.74) is 1.45. The zero-order valence-corrected chi connectivity index (χ0v) is 12.2. The van der Waals surface area contributed by atoms with Crippen molar-refractivity contribution in [2.24, 2.45) is 0 Å².